The molecule has 4 amide bonds. The molecule has 2 rings (SSSR count). The Morgan fingerprint density at radius 2 is 1.52 bits per heavy atom. The van der Waals surface area contributed by atoms with Gasteiger partial charge in [0.25, 0.3) is 0 Å². The number of likely N-dealkylation sites (tertiary alicyclic amines) is 1. The van der Waals surface area contributed by atoms with Gasteiger partial charge in [0.1, 0.15) is 17.7 Å². The molecule has 16 heteroatoms. The maximum Gasteiger partial charge on any atom is 0.410 e. The highest BCUT2D eigenvalue weighted by Crippen LogP contribution is 2.30. The SMILES string of the molecule is CCC(C)C(C(CC(=O)N1CCC[C@H]1C(OC)C(C)C(=O)NC(Cc1ccccc1)C(=O)OC)OC)N(C)C(=O)C(/N=C(/N(C)C)N(C)CCN(C)C(=O)OC(C)(C)C)C(C)C. The summed E-state index contributed by atoms with van der Waals surface area (Å²) < 4.78 is 22.6. The molecule has 0 spiro atoms. The van der Waals surface area contributed by atoms with Crippen molar-refractivity contribution in [1.29, 1.82) is 0 Å². The third-order valence-electron chi connectivity index (χ3n) is 11.7. The first-order valence-electron chi connectivity index (χ1n) is 22.0. The van der Waals surface area contributed by atoms with Crippen molar-refractivity contribution in [1.82, 2.24) is 29.8 Å². The standard InChI is InChI=1S/C46H79N7O9/c1-17-31(4)39(52(13)42(56)38(30(2)3)48-44(49(9)10)50(11)26-27-51(12)45(58)62-46(6,7)8)36(59-14)29-37(54)53-25-21-24-35(53)40(60-15)32(5)41(55)47-34(43(57)61-16)28-33-22-19-18-20-23-33/h18-20,22-23,30-32,34-36,38-40H,17,21,24-29H2,1-16H3,(H,47,55)/b48-44-/t31?,32?,34?,35-,36?,38?,39?,40?/m0/s1. The number of amides is 4. The van der Waals surface area contributed by atoms with Crippen LogP contribution < -0.4 is 5.32 Å². The average Bonchev–Trinajstić information content (AvgIpc) is 3.71. The number of benzene rings is 1. The fourth-order valence-electron chi connectivity index (χ4n) is 8.00. The molecule has 0 aromatic heterocycles. The summed E-state index contributed by atoms with van der Waals surface area (Å²) in [6, 6.07) is 6.86. The number of esters is 1. The lowest BCUT2D eigenvalue weighted by Crippen LogP contribution is -2.55. The zero-order valence-corrected chi connectivity index (χ0v) is 40.6. The Labute approximate surface area is 372 Å². The fourth-order valence-corrected chi connectivity index (χ4v) is 8.00. The van der Waals surface area contributed by atoms with Gasteiger partial charge in [-0.15, -0.1) is 0 Å². The Morgan fingerprint density at radius 3 is 2.03 bits per heavy atom. The lowest BCUT2D eigenvalue weighted by Gasteiger charge is -2.40. The first-order valence-corrected chi connectivity index (χ1v) is 22.0. The average molecular weight is 874 g/mol. The van der Waals surface area contributed by atoms with Crippen LogP contribution in [0.4, 0.5) is 4.79 Å². The van der Waals surface area contributed by atoms with Crippen molar-refractivity contribution < 1.29 is 42.9 Å². The third-order valence-corrected chi connectivity index (χ3v) is 11.7. The molecule has 1 aromatic rings. The number of likely N-dealkylation sites (N-methyl/N-ethyl adjacent to an activating group) is 3. The molecule has 1 N–H and O–H groups in total. The number of nitrogens with zero attached hydrogens (tertiary/aromatic N) is 6. The second-order valence-corrected chi connectivity index (χ2v) is 18.2. The Morgan fingerprint density at radius 1 is 0.903 bits per heavy atom. The van der Waals surface area contributed by atoms with Crippen LogP contribution in [0.1, 0.15) is 86.6 Å². The van der Waals surface area contributed by atoms with Gasteiger partial charge in [-0.1, -0.05) is 71.4 Å². The van der Waals surface area contributed by atoms with Crippen LogP contribution in [0, 0.1) is 17.8 Å². The van der Waals surface area contributed by atoms with Crippen LogP contribution in [-0.4, -0.2) is 178 Å². The van der Waals surface area contributed by atoms with E-state index in [1.165, 1.54) is 19.1 Å². The van der Waals surface area contributed by atoms with Crippen molar-refractivity contribution in [3.63, 3.8) is 0 Å². The summed E-state index contributed by atoms with van der Waals surface area (Å²) in [6.07, 6.45) is 0.622. The van der Waals surface area contributed by atoms with Gasteiger partial charge < -0.3 is 48.8 Å². The summed E-state index contributed by atoms with van der Waals surface area (Å²) in [5.41, 5.74) is 0.259. The van der Waals surface area contributed by atoms with Crippen molar-refractivity contribution in [2.24, 2.45) is 22.7 Å². The van der Waals surface area contributed by atoms with E-state index in [9.17, 15) is 24.0 Å². The van der Waals surface area contributed by atoms with E-state index < -0.39 is 60.0 Å². The van der Waals surface area contributed by atoms with Gasteiger partial charge in [0.15, 0.2) is 5.96 Å². The van der Waals surface area contributed by atoms with E-state index in [0.717, 1.165) is 18.4 Å². The minimum atomic E-state index is -0.898. The second kappa shape index (κ2) is 25.0. The minimum Gasteiger partial charge on any atom is -0.467 e. The normalized spacial score (nSPS) is 17.9. The van der Waals surface area contributed by atoms with Gasteiger partial charge in [0.2, 0.25) is 17.7 Å². The van der Waals surface area contributed by atoms with Gasteiger partial charge in [-0.3, -0.25) is 14.4 Å². The van der Waals surface area contributed by atoms with Crippen molar-refractivity contribution in [2.45, 2.75) is 129 Å². The van der Waals surface area contributed by atoms with Crippen molar-refractivity contribution in [3.05, 3.63) is 35.9 Å². The summed E-state index contributed by atoms with van der Waals surface area (Å²) >= 11 is 0. The molecule has 62 heavy (non-hydrogen) atoms. The number of carbonyl (C=O) groups excluding carboxylic acids is 5. The van der Waals surface area contributed by atoms with Gasteiger partial charge >= 0.3 is 12.1 Å². The predicted octanol–water partition coefficient (Wildman–Crippen LogP) is 4.55. The summed E-state index contributed by atoms with van der Waals surface area (Å²) in [5, 5.41) is 2.87. The van der Waals surface area contributed by atoms with E-state index in [1.807, 2.05) is 103 Å². The maximum atomic E-state index is 14.6. The third kappa shape index (κ3) is 15.4. The molecule has 1 heterocycles. The Bertz CT molecular complexity index is 1620. The molecular weight excluding hydrogens is 795 g/mol. The molecule has 7 unspecified atom stereocenters. The largest absolute Gasteiger partial charge is 0.467 e. The van der Waals surface area contributed by atoms with E-state index in [2.05, 4.69) is 12.2 Å². The predicted molar refractivity (Wildman–Crippen MR) is 241 cm³/mol. The number of hydrogen-bond donors (Lipinski definition) is 1. The van der Waals surface area contributed by atoms with Crippen molar-refractivity contribution in [2.75, 3.05) is 76.2 Å². The second-order valence-electron chi connectivity index (χ2n) is 18.2. The summed E-state index contributed by atoms with van der Waals surface area (Å²) in [7, 11) is 13.4. The highest BCUT2D eigenvalue weighted by molar-refractivity contribution is 5.88. The van der Waals surface area contributed by atoms with Crippen molar-refractivity contribution >= 4 is 35.7 Å². The number of rotatable bonds is 21. The van der Waals surface area contributed by atoms with Crippen LogP contribution in [0.3, 0.4) is 0 Å². The highest BCUT2D eigenvalue weighted by Gasteiger charge is 2.43. The lowest BCUT2D eigenvalue weighted by molar-refractivity contribution is -0.148. The number of ether oxygens (including phenoxy) is 4. The van der Waals surface area contributed by atoms with Crippen LogP contribution in [0.15, 0.2) is 35.3 Å². The molecule has 0 radical (unpaired) electrons. The van der Waals surface area contributed by atoms with E-state index in [4.69, 9.17) is 23.9 Å². The highest BCUT2D eigenvalue weighted by atomic mass is 16.6. The Balaban J connectivity index is 2.32. The Kier molecular flexibility index (Phi) is 21.7. The molecule has 0 bridgehead atoms. The first kappa shape index (κ1) is 53.7. The van der Waals surface area contributed by atoms with Gasteiger partial charge in [-0.25, -0.2) is 14.6 Å². The molecular formula is C46H79N7O9. The molecule has 0 saturated carbocycles. The molecule has 16 nitrogen and oxygen atoms in total. The number of nitrogens with one attached hydrogen (secondary N) is 1. The van der Waals surface area contributed by atoms with Crippen molar-refractivity contribution in [3.8, 4) is 0 Å². The quantitative estimate of drug-likeness (QED) is 0.105. The summed E-state index contributed by atoms with van der Waals surface area (Å²) in [5.74, 6) is -1.64. The van der Waals surface area contributed by atoms with E-state index in [0.29, 0.717) is 32.0 Å². The van der Waals surface area contributed by atoms with E-state index >= 15 is 0 Å². The molecule has 1 aliphatic rings. The molecule has 1 saturated heterocycles. The molecule has 1 aliphatic heterocycles. The van der Waals surface area contributed by atoms with Gasteiger partial charge in [0.05, 0.1) is 43.7 Å². The summed E-state index contributed by atoms with van der Waals surface area (Å²) in [4.78, 5) is 81.9. The van der Waals surface area contributed by atoms with Crippen LogP contribution in [0.2, 0.25) is 0 Å². The monoisotopic (exact) mass is 874 g/mol. The zero-order chi connectivity index (χ0) is 47.1. The fraction of sp³-hybridized carbons (Fsp3) is 0.739. The van der Waals surface area contributed by atoms with Gasteiger partial charge in [-0.2, -0.15) is 0 Å². The van der Waals surface area contributed by atoms with Gasteiger partial charge in [0, 0.05) is 75.5 Å². The maximum absolute atomic E-state index is 14.6. The molecule has 0 aliphatic carbocycles. The molecule has 1 fully saturated rings. The van der Waals surface area contributed by atoms with Crippen LogP contribution in [0.5, 0.6) is 0 Å². The van der Waals surface area contributed by atoms with E-state index in [-0.39, 0.29) is 42.4 Å². The van der Waals surface area contributed by atoms with Crippen LogP contribution in [0.25, 0.3) is 0 Å². The number of hydrogen-bond acceptors (Lipinski definition) is 10. The first-order chi connectivity index (χ1) is 29.0. The van der Waals surface area contributed by atoms with Crippen LogP contribution >= 0.6 is 0 Å². The van der Waals surface area contributed by atoms with Crippen LogP contribution in [-0.2, 0) is 44.5 Å². The topological polar surface area (TPSA) is 163 Å². The molecule has 8 atom stereocenters. The smallest absolute Gasteiger partial charge is 0.410 e. The number of carbonyl (C=O) groups is 5. The lowest BCUT2D eigenvalue weighted by atomic mass is 9.89. The number of guanidine groups is 1. The minimum absolute atomic E-state index is 0.00456. The Hall–Kier alpha value is -4.44. The number of methoxy groups -OCH3 is 3. The van der Waals surface area contributed by atoms with E-state index in [1.54, 1.807) is 37.9 Å². The van der Waals surface area contributed by atoms with Gasteiger partial charge in [-0.05, 0) is 51.0 Å². The molecule has 1 aromatic carbocycles. The summed E-state index contributed by atoms with van der Waals surface area (Å²) in [6.45, 7) is 16.5. The molecule has 352 valence electrons. The number of aliphatic imine (C=N–C) groups is 1. The zero-order valence-electron chi connectivity index (χ0n) is 40.6.